The van der Waals surface area contributed by atoms with Crippen molar-refractivity contribution in [3.05, 3.63) is 29.8 Å². The molecule has 0 spiro atoms. The van der Waals surface area contributed by atoms with Crippen LogP contribution in [0.15, 0.2) is 29.3 Å². The highest BCUT2D eigenvalue weighted by Crippen LogP contribution is 2.24. The molecule has 9 heteroatoms. The van der Waals surface area contributed by atoms with E-state index in [0.717, 1.165) is 43.1 Å². The number of ether oxygens (including phenoxy) is 2. The zero-order valence-corrected chi connectivity index (χ0v) is 18.5. The third-order valence-electron chi connectivity index (χ3n) is 5.25. The number of benzene rings is 1. The summed E-state index contributed by atoms with van der Waals surface area (Å²) in [6.07, 6.45) is -1.63. The fourth-order valence-electron chi connectivity index (χ4n) is 3.63. The average Bonchev–Trinajstić information content (AvgIpc) is 2.74. The fourth-order valence-corrected chi connectivity index (χ4v) is 3.63. The first-order chi connectivity index (χ1) is 14.9. The third-order valence-corrected chi connectivity index (χ3v) is 5.25. The van der Waals surface area contributed by atoms with Crippen LogP contribution in [0.4, 0.5) is 13.2 Å². The van der Waals surface area contributed by atoms with E-state index in [-0.39, 0.29) is 0 Å². The molecule has 0 aliphatic carbocycles. The van der Waals surface area contributed by atoms with Crippen LogP contribution in [0.3, 0.4) is 0 Å². The van der Waals surface area contributed by atoms with Crippen LogP contribution in [0.5, 0.6) is 5.75 Å². The number of nitrogens with one attached hydrogen (secondary N) is 2. The van der Waals surface area contributed by atoms with Crippen LogP contribution in [0.25, 0.3) is 0 Å². The van der Waals surface area contributed by atoms with E-state index in [1.807, 2.05) is 31.2 Å². The Morgan fingerprint density at radius 3 is 2.61 bits per heavy atom. The number of rotatable bonds is 11. The highest BCUT2D eigenvalue weighted by Gasteiger charge is 2.32. The molecule has 1 heterocycles. The summed E-state index contributed by atoms with van der Waals surface area (Å²) >= 11 is 0. The molecule has 1 aliphatic heterocycles. The van der Waals surface area contributed by atoms with Crippen molar-refractivity contribution >= 4 is 5.96 Å². The number of alkyl halides is 3. The van der Waals surface area contributed by atoms with Crippen molar-refractivity contribution in [1.29, 1.82) is 0 Å². The van der Waals surface area contributed by atoms with E-state index in [0.29, 0.717) is 45.3 Å². The van der Waals surface area contributed by atoms with Crippen LogP contribution in [0.1, 0.15) is 31.7 Å². The second kappa shape index (κ2) is 13.4. The summed E-state index contributed by atoms with van der Waals surface area (Å²) in [5.41, 5.74) is 1.01. The van der Waals surface area contributed by atoms with Crippen molar-refractivity contribution in [3.63, 3.8) is 0 Å². The topological polar surface area (TPSA) is 58.1 Å². The number of hydrogen-bond donors (Lipinski definition) is 2. The zero-order chi connectivity index (χ0) is 22.5. The molecule has 1 aromatic carbocycles. The van der Waals surface area contributed by atoms with E-state index in [1.54, 1.807) is 7.11 Å². The van der Waals surface area contributed by atoms with E-state index < -0.39 is 12.7 Å². The fraction of sp³-hybridized carbons (Fsp3) is 0.682. The molecule has 0 radical (unpaired) electrons. The van der Waals surface area contributed by atoms with Crippen molar-refractivity contribution < 1.29 is 22.6 Å². The number of guanidine groups is 1. The number of methoxy groups -OCH3 is 1. The predicted octanol–water partition coefficient (Wildman–Crippen LogP) is 3.43. The molecule has 6 nitrogen and oxygen atoms in total. The lowest BCUT2D eigenvalue weighted by atomic mass is 9.93. The molecule has 0 unspecified atom stereocenters. The van der Waals surface area contributed by atoms with Crippen LogP contribution in [-0.4, -0.2) is 70.0 Å². The maximum atomic E-state index is 12.5. The molecule has 1 aromatic rings. The molecule has 1 fully saturated rings. The van der Waals surface area contributed by atoms with Crippen molar-refractivity contribution in [2.75, 3.05) is 53.0 Å². The van der Waals surface area contributed by atoms with Gasteiger partial charge in [-0.3, -0.25) is 9.89 Å². The average molecular weight is 445 g/mol. The number of piperidine rings is 1. The minimum Gasteiger partial charge on any atom is -0.496 e. The molecule has 31 heavy (non-hydrogen) atoms. The smallest absolute Gasteiger partial charge is 0.401 e. The Balaban J connectivity index is 1.64. The number of para-hydroxylation sites is 1. The van der Waals surface area contributed by atoms with Crippen molar-refractivity contribution in [3.8, 4) is 5.75 Å². The van der Waals surface area contributed by atoms with Crippen LogP contribution >= 0.6 is 0 Å². The predicted molar refractivity (Wildman–Crippen MR) is 116 cm³/mol. The zero-order valence-electron chi connectivity index (χ0n) is 18.5. The lowest BCUT2D eigenvalue weighted by Crippen LogP contribution is -2.40. The molecular weight excluding hydrogens is 409 g/mol. The molecule has 0 bridgehead atoms. The molecule has 176 valence electrons. The number of halogens is 3. The van der Waals surface area contributed by atoms with Gasteiger partial charge in [0.05, 0.1) is 26.9 Å². The van der Waals surface area contributed by atoms with Gasteiger partial charge in [-0.05, 0) is 51.3 Å². The van der Waals surface area contributed by atoms with Crippen LogP contribution in [0, 0.1) is 5.92 Å². The number of hydrogen-bond acceptors (Lipinski definition) is 4. The molecule has 0 atom stereocenters. The summed E-state index contributed by atoms with van der Waals surface area (Å²) in [6.45, 7) is 5.26. The molecular formula is C22H35F3N4O2. The van der Waals surface area contributed by atoms with E-state index in [4.69, 9.17) is 9.47 Å². The van der Waals surface area contributed by atoms with Crippen molar-refractivity contribution in [2.45, 2.75) is 39.0 Å². The summed E-state index contributed by atoms with van der Waals surface area (Å²) in [7, 11) is 1.64. The van der Waals surface area contributed by atoms with Gasteiger partial charge in [-0.25, -0.2) is 0 Å². The largest absolute Gasteiger partial charge is 0.496 e. The van der Waals surface area contributed by atoms with Gasteiger partial charge in [0.2, 0.25) is 0 Å². The summed E-state index contributed by atoms with van der Waals surface area (Å²) in [6, 6.07) is 7.77. The summed E-state index contributed by atoms with van der Waals surface area (Å²) in [5.74, 6) is 1.98. The Morgan fingerprint density at radius 2 is 1.94 bits per heavy atom. The van der Waals surface area contributed by atoms with Gasteiger partial charge in [-0.1, -0.05) is 18.2 Å². The van der Waals surface area contributed by atoms with E-state index in [2.05, 4.69) is 15.6 Å². The minimum absolute atomic E-state index is 0.431. The Bertz CT molecular complexity index is 662. The first kappa shape index (κ1) is 25.3. The Hall–Kier alpha value is -2.00. The first-order valence-corrected chi connectivity index (χ1v) is 10.9. The van der Waals surface area contributed by atoms with Gasteiger partial charge < -0.3 is 20.1 Å². The molecule has 0 amide bonds. The first-order valence-electron chi connectivity index (χ1n) is 10.9. The maximum Gasteiger partial charge on any atom is 0.401 e. The monoisotopic (exact) mass is 444 g/mol. The number of aliphatic imine (C=N–C) groups is 1. The van der Waals surface area contributed by atoms with Gasteiger partial charge in [0, 0.05) is 25.2 Å². The number of likely N-dealkylation sites (tertiary alicyclic amines) is 1. The van der Waals surface area contributed by atoms with Gasteiger partial charge in [0.1, 0.15) is 5.75 Å². The van der Waals surface area contributed by atoms with E-state index in [9.17, 15) is 13.2 Å². The molecule has 2 rings (SSSR count). The molecule has 1 saturated heterocycles. The Labute approximate surface area is 183 Å². The molecule has 2 N–H and O–H groups in total. The summed E-state index contributed by atoms with van der Waals surface area (Å²) < 4.78 is 48.5. The van der Waals surface area contributed by atoms with Gasteiger partial charge >= 0.3 is 6.18 Å². The van der Waals surface area contributed by atoms with Gasteiger partial charge in [-0.2, -0.15) is 13.2 Å². The summed E-state index contributed by atoms with van der Waals surface area (Å²) in [4.78, 5) is 6.09. The standard InChI is InChI=1S/C22H35F3N4O2/c1-3-26-21(28-12-15-31-16-19-6-4-5-7-20(19)30-2)27-11-8-18-9-13-29(14-10-18)17-22(23,24)25/h4-7,18H,3,8-17H2,1-2H3,(H2,26,27,28). The highest BCUT2D eigenvalue weighted by molar-refractivity contribution is 5.79. The van der Waals surface area contributed by atoms with Gasteiger partial charge in [-0.15, -0.1) is 0 Å². The maximum absolute atomic E-state index is 12.5. The van der Waals surface area contributed by atoms with Crippen molar-refractivity contribution in [2.24, 2.45) is 10.9 Å². The van der Waals surface area contributed by atoms with Crippen LogP contribution in [-0.2, 0) is 11.3 Å². The van der Waals surface area contributed by atoms with Crippen molar-refractivity contribution in [1.82, 2.24) is 15.5 Å². The third kappa shape index (κ3) is 10.2. The minimum atomic E-state index is -4.11. The van der Waals surface area contributed by atoms with Crippen LogP contribution in [0.2, 0.25) is 0 Å². The molecule has 1 aliphatic rings. The second-order valence-corrected chi connectivity index (χ2v) is 7.68. The Morgan fingerprint density at radius 1 is 1.19 bits per heavy atom. The quantitative estimate of drug-likeness (QED) is 0.311. The normalized spacial score (nSPS) is 16.4. The summed E-state index contributed by atoms with van der Waals surface area (Å²) in [5, 5.41) is 6.47. The number of nitrogens with zero attached hydrogens (tertiary/aromatic N) is 2. The lowest BCUT2D eigenvalue weighted by molar-refractivity contribution is -0.148. The van der Waals surface area contributed by atoms with E-state index in [1.165, 1.54) is 4.90 Å². The van der Waals surface area contributed by atoms with E-state index >= 15 is 0 Å². The van der Waals surface area contributed by atoms with Gasteiger partial charge in [0.25, 0.3) is 0 Å². The molecule has 0 saturated carbocycles. The van der Waals surface area contributed by atoms with Crippen LogP contribution < -0.4 is 15.4 Å². The lowest BCUT2D eigenvalue weighted by Gasteiger charge is -2.32. The SMILES string of the molecule is CCNC(=NCCC1CCN(CC(F)(F)F)CC1)NCCOCc1ccccc1OC. The Kier molecular flexibility index (Phi) is 10.9. The van der Waals surface area contributed by atoms with Gasteiger partial charge in [0.15, 0.2) is 5.96 Å². The highest BCUT2D eigenvalue weighted by atomic mass is 19.4. The molecule has 0 aromatic heterocycles. The second-order valence-electron chi connectivity index (χ2n) is 7.68.